The number of halogens is 3. The molecular formula is C16H16F3N5O3. The maximum absolute atomic E-state index is 13.3. The molecule has 144 valence electrons. The fourth-order valence-electron chi connectivity index (χ4n) is 3.73. The number of carbonyl (C=O) groups is 1. The summed E-state index contributed by atoms with van der Waals surface area (Å²) in [5.41, 5.74) is -0.429. The van der Waals surface area contributed by atoms with Gasteiger partial charge in [-0.05, 0) is 25.7 Å². The fraction of sp³-hybridized carbons (Fsp3) is 0.500. The smallest absolute Gasteiger partial charge is 0.331 e. The molecule has 0 unspecified atom stereocenters. The first kappa shape index (κ1) is 17.6. The van der Waals surface area contributed by atoms with Crippen molar-refractivity contribution in [1.82, 2.24) is 24.4 Å². The van der Waals surface area contributed by atoms with Crippen LogP contribution in [-0.4, -0.2) is 36.9 Å². The lowest BCUT2D eigenvalue weighted by molar-refractivity contribution is -0.147. The highest BCUT2D eigenvalue weighted by Crippen LogP contribution is 2.33. The molecule has 2 aromatic rings. The van der Waals surface area contributed by atoms with E-state index in [1.54, 1.807) is 0 Å². The van der Waals surface area contributed by atoms with Gasteiger partial charge in [-0.15, -0.1) is 0 Å². The molecule has 0 radical (unpaired) electrons. The molecule has 2 aliphatic rings. The first-order chi connectivity index (χ1) is 12.8. The predicted molar refractivity (Wildman–Crippen MR) is 86.3 cm³/mol. The molecule has 0 saturated carbocycles. The van der Waals surface area contributed by atoms with Crippen LogP contribution in [0.25, 0.3) is 0 Å². The van der Waals surface area contributed by atoms with Gasteiger partial charge in [0.15, 0.2) is 0 Å². The summed E-state index contributed by atoms with van der Waals surface area (Å²) in [5.74, 6) is -1.68. The minimum Gasteiger partial charge on any atom is -0.331 e. The van der Waals surface area contributed by atoms with Crippen molar-refractivity contribution in [2.24, 2.45) is 0 Å². The predicted octanol–water partition coefficient (Wildman–Crippen LogP) is 0.813. The number of nitrogens with one attached hydrogen (secondary N) is 2. The van der Waals surface area contributed by atoms with Gasteiger partial charge in [-0.2, -0.15) is 13.2 Å². The first-order valence-electron chi connectivity index (χ1n) is 8.56. The van der Waals surface area contributed by atoms with Crippen molar-refractivity contribution in [3.05, 3.63) is 49.3 Å². The fourth-order valence-corrected chi connectivity index (χ4v) is 3.73. The van der Waals surface area contributed by atoms with Crippen LogP contribution in [0.4, 0.5) is 13.2 Å². The zero-order valence-corrected chi connectivity index (χ0v) is 14.2. The van der Waals surface area contributed by atoms with Crippen LogP contribution in [-0.2, 0) is 32.1 Å². The molecule has 1 amide bonds. The molecule has 4 rings (SSSR count). The molecule has 27 heavy (non-hydrogen) atoms. The summed E-state index contributed by atoms with van der Waals surface area (Å²) in [7, 11) is 0. The van der Waals surface area contributed by atoms with Gasteiger partial charge in [0.25, 0.3) is 11.5 Å². The van der Waals surface area contributed by atoms with Crippen LogP contribution in [0.1, 0.15) is 46.1 Å². The van der Waals surface area contributed by atoms with E-state index >= 15 is 0 Å². The van der Waals surface area contributed by atoms with Crippen LogP contribution in [0, 0.1) is 0 Å². The number of aromatic nitrogens is 4. The van der Waals surface area contributed by atoms with Crippen molar-refractivity contribution in [2.75, 3.05) is 6.54 Å². The minimum atomic E-state index is -4.64. The minimum absolute atomic E-state index is 0.0546. The van der Waals surface area contributed by atoms with Crippen LogP contribution in [0.15, 0.2) is 9.59 Å². The summed E-state index contributed by atoms with van der Waals surface area (Å²) in [5, 5.41) is 0. The third kappa shape index (κ3) is 2.96. The summed E-state index contributed by atoms with van der Waals surface area (Å²) in [6.07, 6.45) is -2.80. The molecule has 0 saturated heterocycles. The Morgan fingerprint density at radius 2 is 1.85 bits per heavy atom. The largest absolute Gasteiger partial charge is 0.449 e. The van der Waals surface area contributed by atoms with Gasteiger partial charge in [0, 0.05) is 24.3 Å². The molecule has 11 heteroatoms. The van der Waals surface area contributed by atoms with Gasteiger partial charge in [-0.25, -0.2) is 9.78 Å². The summed E-state index contributed by atoms with van der Waals surface area (Å²) < 4.78 is 41.0. The van der Waals surface area contributed by atoms with Gasteiger partial charge in [0.2, 0.25) is 5.82 Å². The number of H-pyrrole nitrogens is 2. The van der Waals surface area contributed by atoms with Crippen molar-refractivity contribution < 1.29 is 18.0 Å². The van der Waals surface area contributed by atoms with Crippen molar-refractivity contribution in [3.63, 3.8) is 0 Å². The number of imidazole rings is 1. The Balaban J connectivity index is 1.71. The van der Waals surface area contributed by atoms with Crippen LogP contribution >= 0.6 is 0 Å². The molecule has 0 spiro atoms. The summed E-state index contributed by atoms with van der Waals surface area (Å²) in [4.78, 5) is 45.7. The van der Waals surface area contributed by atoms with E-state index in [1.165, 1.54) is 4.90 Å². The van der Waals surface area contributed by atoms with Crippen LogP contribution in [0.2, 0.25) is 0 Å². The van der Waals surface area contributed by atoms with E-state index in [1.807, 2.05) is 0 Å². The van der Waals surface area contributed by atoms with Crippen molar-refractivity contribution in [2.45, 2.75) is 44.9 Å². The number of hydrogen-bond acceptors (Lipinski definition) is 4. The maximum Gasteiger partial charge on any atom is 0.449 e. The zero-order valence-electron chi connectivity index (χ0n) is 14.2. The SMILES string of the molecule is O=C(c1nc(C(F)(F)F)n2c1CCCC2)N1CCc2c([nH]c(=O)[nH]c2=O)C1. The Kier molecular flexibility index (Phi) is 3.97. The molecule has 0 bridgehead atoms. The normalized spacial score (nSPS) is 16.8. The second kappa shape index (κ2) is 6.10. The number of nitrogens with zero attached hydrogens (tertiary/aromatic N) is 3. The maximum atomic E-state index is 13.3. The Bertz CT molecular complexity index is 1030. The Morgan fingerprint density at radius 1 is 1.07 bits per heavy atom. The topological polar surface area (TPSA) is 104 Å². The van der Waals surface area contributed by atoms with E-state index in [0.29, 0.717) is 36.2 Å². The second-order valence-electron chi connectivity index (χ2n) is 6.68. The van der Waals surface area contributed by atoms with E-state index in [-0.39, 0.29) is 31.7 Å². The molecule has 2 aliphatic heterocycles. The number of hydrogen-bond donors (Lipinski definition) is 2. The lowest BCUT2D eigenvalue weighted by atomic mass is 10.0. The number of alkyl halides is 3. The van der Waals surface area contributed by atoms with E-state index < -0.39 is 29.2 Å². The van der Waals surface area contributed by atoms with E-state index in [9.17, 15) is 27.6 Å². The van der Waals surface area contributed by atoms with Gasteiger partial charge in [-0.3, -0.25) is 14.6 Å². The van der Waals surface area contributed by atoms with Crippen LogP contribution in [0.5, 0.6) is 0 Å². The van der Waals surface area contributed by atoms with Gasteiger partial charge in [-0.1, -0.05) is 0 Å². The van der Waals surface area contributed by atoms with E-state index in [0.717, 1.165) is 4.57 Å². The average Bonchev–Trinajstić information content (AvgIpc) is 3.00. The molecule has 0 atom stereocenters. The van der Waals surface area contributed by atoms with E-state index in [2.05, 4.69) is 15.0 Å². The average molecular weight is 383 g/mol. The molecule has 0 aliphatic carbocycles. The summed E-state index contributed by atoms with van der Waals surface area (Å²) in [6.45, 7) is 0.283. The van der Waals surface area contributed by atoms with Gasteiger partial charge >= 0.3 is 11.9 Å². The molecule has 2 aromatic heterocycles. The number of amides is 1. The highest BCUT2D eigenvalue weighted by Gasteiger charge is 2.41. The first-order valence-corrected chi connectivity index (χ1v) is 8.56. The lowest BCUT2D eigenvalue weighted by Gasteiger charge is -2.27. The van der Waals surface area contributed by atoms with Crippen LogP contribution in [0.3, 0.4) is 0 Å². The molecule has 0 fully saturated rings. The molecule has 8 nitrogen and oxygen atoms in total. The van der Waals surface area contributed by atoms with Gasteiger partial charge in [0.05, 0.1) is 12.2 Å². The van der Waals surface area contributed by atoms with Gasteiger partial charge < -0.3 is 14.5 Å². The van der Waals surface area contributed by atoms with Crippen molar-refractivity contribution in [1.29, 1.82) is 0 Å². The number of aromatic amines is 2. The summed E-state index contributed by atoms with van der Waals surface area (Å²) >= 11 is 0. The summed E-state index contributed by atoms with van der Waals surface area (Å²) in [6, 6.07) is 0. The highest BCUT2D eigenvalue weighted by atomic mass is 19.4. The number of rotatable bonds is 1. The molecular weight excluding hydrogens is 367 g/mol. The quantitative estimate of drug-likeness (QED) is 0.761. The van der Waals surface area contributed by atoms with E-state index in [4.69, 9.17) is 0 Å². The molecule has 0 aromatic carbocycles. The second-order valence-corrected chi connectivity index (χ2v) is 6.68. The highest BCUT2D eigenvalue weighted by molar-refractivity contribution is 5.93. The Morgan fingerprint density at radius 3 is 2.59 bits per heavy atom. The number of carbonyl (C=O) groups excluding carboxylic acids is 1. The Labute approximate surface area is 150 Å². The third-order valence-corrected chi connectivity index (χ3v) is 4.97. The van der Waals surface area contributed by atoms with Gasteiger partial charge in [0.1, 0.15) is 5.69 Å². The monoisotopic (exact) mass is 383 g/mol. The van der Waals surface area contributed by atoms with Crippen molar-refractivity contribution in [3.8, 4) is 0 Å². The molecule has 2 N–H and O–H groups in total. The Hall–Kier alpha value is -2.85. The zero-order chi connectivity index (χ0) is 19.3. The van der Waals surface area contributed by atoms with Crippen LogP contribution < -0.4 is 11.2 Å². The lowest BCUT2D eigenvalue weighted by Crippen LogP contribution is -2.41. The number of fused-ring (bicyclic) bond motifs is 2. The van der Waals surface area contributed by atoms with Crippen molar-refractivity contribution >= 4 is 5.91 Å². The third-order valence-electron chi connectivity index (χ3n) is 4.97. The molecule has 4 heterocycles. The standard InChI is InChI=1S/C16H16F3N5O3/c17-16(18,19)14-21-11(10-3-1-2-5-24(10)14)13(26)23-6-4-8-9(7-23)20-15(27)22-12(8)25/h1-7H2,(H2,20,22,25,27).